The lowest BCUT2D eigenvalue weighted by molar-refractivity contribution is -0.123. The van der Waals surface area contributed by atoms with Crippen LogP contribution in [0.5, 0.6) is 0 Å². The van der Waals surface area contributed by atoms with Crippen LogP contribution in [0.3, 0.4) is 0 Å². The summed E-state index contributed by atoms with van der Waals surface area (Å²) in [7, 11) is 0. The van der Waals surface area contributed by atoms with E-state index < -0.39 is 5.91 Å². The van der Waals surface area contributed by atoms with Crippen LogP contribution in [0.1, 0.15) is 44.6 Å². The molecule has 2 fully saturated rings. The Hall–Kier alpha value is -3.01. The minimum absolute atomic E-state index is 0.0957. The van der Waals surface area contributed by atoms with E-state index in [-0.39, 0.29) is 30.1 Å². The lowest BCUT2D eigenvalue weighted by atomic mass is 9.81. The molecule has 2 aliphatic rings. The number of hydrogen-bond acceptors (Lipinski definition) is 5. The molecule has 2 atom stereocenters. The fourth-order valence-corrected chi connectivity index (χ4v) is 3.59. The first-order valence-corrected chi connectivity index (χ1v) is 8.71. The number of imide groups is 1. The molecule has 1 saturated heterocycles. The van der Waals surface area contributed by atoms with E-state index in [0.717, 1.165) is 31.2 Å². The number of carbonyl (C=O) groups is 3. The Morgan fingerprint density at radius 1 is 1.19 bits per heavy atom. The SMILES string of the molecule is C/C(=N/NC(=O)CC#N)c1ccc(N2C(=O)[C@H]3CCCC[C@H]3C2=O)cc1. The van der Waals surface area contributed by atoms with Gasteiger partial charge in [0, 0.05) is 0 Å². The number of benzene rings is 1. The molecule has 7 heteroatoms. The second kappa shape index (κ2) is 7.48. The molecule has 1 aliphatic carbocycles. The van der Waals surface area contributed by atoms with Crippen molar-refractivity contribution in [3.63, 3.8) is 0 Å². The van der Waals surface area contributed by atoms with E-state index in [0.29, 0.717) is 11.4 Å². The van der Waals surface area contributed by atoms with E-state index in [1.54, 1.807) is 37.3 Å². The summed E-state index contributed by atoms with van der Waals surface area (Å²) in [6.07, 6.45) is 3.33. The van der Waals surface area contributed by atoms with Gasteiger partial charge in [0.25, 0.3) is 5.91 Å². The van der Waals surface area contributed by atoms with Crippen molar-refractivity contribution in [3.05, 3.63) is 29.8 Å². The number of nitrogens with zero attached hydrogens (tertiary/aromatic N) is 3. The summed E-state index contributed by atoms with van der Waals surface area (Å²) in [6, 6.07) is 8.70. The number of fused-ring (bicyclic) bond motifs is 1. The van der Waals surface area contributed by atoms with Crippen LogP contribution in [-0.4, -0.2) is 23.4 Å². The molecule has 0 bridgehead atoms. The maximum absolute atomic E-state index is 12.6. The van der Waals surface area contributed by atoms with Gasteiger partial charge in [-0.05, 0) is 37.5 Å². The average Bonchev–Trinajstić information content (AvgIpc) is 2.91. The average molecular weight is 352 g/mol. The molecular weight excluding hydrogens is 332 g/mol. The van der Waals surface area contributed by atoms with Gasteiger partial charge >= 0.3 is 0 Å². The third-order valence-electron chi connectivity index (χ3n) is 4.97. The van der Waals surface area contributed by atoms with Crippen molar-refractivity contribution in [2.24, 2.45) is 16.9 Å². The van der Waals surface area contributed by atoms with Crippen LogP contribution in [0.25, 0.3) is 0 Å². The normalized spacial score (nSPS) is 22.8. The highest BCUT2D eigenvalue weighted by Crippen LogP contribution is 2.40. The first-order valence-electron chi connectivity index (χ1n) is 8.71. The van der Waals surface area contributed by atoms with Crippen LogP contribution < -0.4 is 10.3 Å². The molecule has 0 unspecified atom stereocenters. The molecule has 0 spiro atoms. The summed E-state index contributed by atoms with van der Waals surface area (Å²) < 4.78 is 0. The topological polar surface area (TPSA) is 103 Å². The molecule has 0 aromatic heterocycles. The zero-order valence-electron chi connectivity index (χ0n) is 14.6. The number of nitriles is 1. The predicted octanol–water partition coefficient (Wildman–Crippen LogP) is 2.12. The molecule has 134 valence electrons. The van der Waals surface area contributed by atoms with Crippen LogP contribution in [0.15, 0.2) is 29.4 Å². The predicted molar refractivity (Wildman–Crippen MR) is 95.0 cm³/mol. The van der Waals surface area contributed by atoms with E-state index in [1.807, 2.05) is 0 Å². The zero-order valence-corrected chi connectivity index (χ0v) is 14.6. The molecular formula is C19H20N4O3. The number of carbonyl (C=O) groups excluding carboxylic acids is 3. The number of amides is 3. The molecule has 1 heterocycles. The van der Waals surface area contributed by atoms with Crippen LogP contribution in [0, 0.1) is 23.2 Å². The summed E-state index contributed by atoms with van der Waals surface area (Å²) in [4.78, 5) is 37.8. The third kappa shape index (κ3) is 3.36. The van der Waals surface area contributed by atoms with E-state index >= 15 is 0 Å². The maximum Gasteiger partial charge on any atom is 0.254 e. The summed E-state index contributed by atoms with van der Waals surface area (Å²) in [5, 5.41) is 12.4. The second-order valence-corrected chi connectivity index (χ2v) is 6.62. The third-order valence-corrected chi connectivity index (χ3v) is 4.97. The summed E-state index contributed by atoms with van der Waals surface area (Å²) in [6.45, 7) is 1.72. The number of rotatable bonds is 4. The molecule has 26 heavy (non-hydrogen) atoms. The number of hydrogen-bond donors (Lipinski definition) is 1. The minimum atomic E-state index is -0.473. The second-order valence-electron chi connectivity index (χ2n) is 6.62. The molecule has 0 radical (unpaired) electrons. The van der Waals surface area contributed by atoms with Crippen LogP contribution >= 0.6 is 0 Å². The van der Waals surface area contributed by atoms with Gasteiger partial charge in [-0.2, -0.15) is 10.4 Å². The van der Waals surface area contributed by atoms with Crippen molar-refractivity contribution < 1.29 is 14.4 Å². The van der Waals surface area contributed by atoms with Crippen molar-refractivity contribution in [2.75, 3.05) is 4.90 Å². The number of hydrazone groups is 1. The number of anilines is 1. The van der Waals surface area contributed by atoms with E-state index in [1.165, 1.54) is 4.90 Å². The van der Waals surface area contributed by atoms with Crippen molar-refractivity contribution in [2.45, 2.75) is 39.0 Å². The highest BCUT2D eigenvalue weighted by atomic mass is 16.2. The highest BCUT2D eigenvalue weighted by Gasteiger charge is 2.48. The lowest BCUT2D eigenvalue weighted by Gasteiger charge is -2.19. The molecule has 1 N–H and O–H groups in total. The molecule has 1 aromatic carbocycles. The van der Waals surface area contributed by atoms with Gasteiger partial charge in [-0.25, -0.2) is 5.43 Å². The Kier molecular flexibility index (Phi) is 5.12. The lowest BCUT2D eigenvalue weighted by Crippen LogP contribution is -2.30. The maximum atomic E-state index is 12.6. The van der Waals surface area contributed by atoms with Crippen LogP contribution in [0.4, 0.5) is 5.69 Å². The smallest absolute Gasteiger partial charge is 0.254 e. The van der Waals surface area contributed by atoms with Crippen molar-refractivity contribution >= 4 is 29.1 Å². The fourth-order valence-electron chi connectivity index (χ4n) is 3.59. The van der Waals surface area contributed by atoms with E-state index in [4.69, 9.17) is 5.26 Å². The standard InChI is InChI=1S/C19H20N4O3/c1-12(21-22-17(24)10-11-20)13-6-8-14(9-7-13)23-18(25)15-4-2-3-5-16(15)19(23)26/h6-9,15-16H,2-5,10H2,1H3,(H,22,24)/b21-12-/t15-,16+. The van der Waals surface area contributed by atoms with Crippen molar-refractivity contribution in [1.29, 1.82) is 5.26 Å². The highest BCUT2D eigenvalue weighted by molar-refractivity contribution is 6.22. The van der Waals surface area contributed by atoms with Crippen LogP contribution in [-0.2, 0) is 14.4 Å². The van der Waals surface area contributed by atoms with Gasteiger partial charge in [-0.3, -0.25) is 19.3 Å². The van der Waals surface area contributed by atoms with Gasteiger partial charge in [0.2, 0.25) is 11.8 Å². The van der Waals surface area contributed by atoms with Gasteiger partial charge in [0.15, 0.2) is 0 Å². The molecule has 1 saturated carbocycles. The Balaban J connectivity index is 1.74. The first kappa shape index (κ1) is 17.8. The van der Waals surface area contributed by atoms with Crippen molar-refractivity contribution in [1.82, 2.24) is 5.43 Å². The fraction of sp³-hybridized carbons (Fsp3) is 0.421. The monoisotopic (exact) mass is 352 g/mol. The minimum Gasteiger partial charge on any atom is -0.274 e. The van der Waals surface area contributed by atoms with Gasteiger partial charge in [-0.15, -0.1) is 0 Å². The Labute approximate surface area is 151 Å². The first-order chi connectivity index (χ1) is 12.5. The van der Waals surface area contributed by atoms with Gasteiger partial charge in [0.1, 0.15) is 6.42 Å². The van der Waals surface area contributed by atoms with Gasteiger partial charge in [-0.1, -0.05) is 25.0 Å². The largest absolute Gasteiger partial charge is 0.274 e. The molecule has 3 rings (SSSR count). The Morgan fingerprint density at radius 3 is 2.31 bits per heavy atom. The quantitative estimate of drug-likeness (QED) is 0.509. The van der Waals surface area contributed by atoms with Crippen molar-refractivity contribution in [3.8, 4) is 6.07 Å². The summed E-state index contributed by atoms with van der Waals surface area (Å²) in [5.74, 6) is -1.01. The zero-order chi connectivity index (χ0) is 18.7. The summed E-state index contributed by atoms with van der Waals surface area (Å²) >= 11 is 0. The number of nitrogens with one attached hydrogen (secondary N) is 1. The van der Waals surface area contributed by atoms with Gasteiger partial charge < -0.3 is 0 Å². The molecule has 1 aromatic rings. The van der Waals surface area contributed by atoms with Gasteiger partial charge in [0.05, 0.1) is 29.3 Å². The molecule has 7 nitrogen and oxygen atoms in total. The summed E-state index contributed by atoms with van der Waals surface area (Å²) in [5.41, 5.74) is 4.19. The Morgan fingerprint density at radius 2 is 1.77 bits per heavy atom. The van der Waals surface area contributed by atoms with Crippen LogP contribution in [0.2, 0.25) is 0 Å². The Bertz CT molecular complexity index is 783. The van der Waals surface area contributed by atoms with E-state index in [2.05, 4.69) is 10.5 Å². The van der Waals surface area contributed by atoms with E-state index in [9.17, 15) is 14.4 Å². The molecule has 1 aliphatic heterocycles. The molecule has 3 amide bonds.